The van der Waals surface area contributed by atoms with Gasteiger partial charge >= 0.3 is 0 Å². The molecule has 0 atom stereocenters. The van der Waals surface area contributed by atoms with Gasteiger partial charge in [-0.1, -0.05) is 24.3 Å². The molecule has 0 unspecified atom stereocenters. The molecule has 8 heteroatoms. The van der Waals surface area contributed by atoms with Gasteiger partial charge in [0.2, 0.25) is 0 Å². The number of aromatic nitrogens is 4. The van der Waals surface area contributed by atoms with Crippen LogP contribution in [0.4, 0.5) is 10.1 Å². The smallest absolute Gasteiger partial charge is 0.254 e. The van der Waals surface area contributed by atoms with Gasteiger partial charge in [-0.15, -0.1) is 0 Å². The third kappa shape index (κ3) is 4.65. The lowest BCUT2D eigenvalue weighted by atomic mass is 10.0. The average molecular weight is 481 g/mol. The zero-order valence-corrected chi connectivity index (χ0v) is 20.2. The van der Waals surface area contributed by atoms with Crippen molar-refractivity contribution >= 4 is 22.5 Å². The van der Waals surface area contributed by atoms with E-state index in [0.29, 0.717) is 29.3 Å². The number of imidazole rings is 1. The second kappa shape index (κ2) is 9.58. The van der Waals surface area contributed by atoms with Crippen LogP contribution in [0.2, 0.25) is 0 Å². The summed E-state index contributed by atoms with van der Waals surface area (Å²) in [5, 5.41) is 3.94. The molecule has 3 aromatic heterocycles. The van der Waals surface area contributed by atoms with Crippen LogP contribution in [0.25, 0.3) is 33.5 Å². The molecule has 180 valence electrons. The molecule has 0 bridgehead atoms. The highest BCUT2D eigenvalue weighted by Crippen LogP contribution is 2.31. The summed E-state index contributed by atoms with van der Waals surface area (Å²) in [4.78, 5) is 31.3. The normalized spacial score (nSPS) is 11.0. The number of halogens is 1. The van der Waals surface area contributed by atoms with Gasteiger partial charge in [0.05, 0.1) is 34.7 Å². The quantitative estimate of drug-likeness (QED) is 0.338. The van der Waals surface area contributed by atoms with Crippen LogP contribution in [-0.2, 0) is 6.54 Å². The molecular formula is C28H25FN6O. The minimum atomic E-state index is -0.324. The molecule has 3 heterocycles. The van der Waals surface area contributed by atoms with Crippen molar-refractivity contribution in [2.24, 2.45) is 0 Å². The lowest BCUT2D eigenvalue weighted by Crippen LogP contribution is -2.21. The van der Waals surface area contributed by atoms with Gasteiger partial charge in [0, 0.05) is 36.9 Å². The summed E-state index contributed by atoms with van der Waals surface area (Å²) in [7, 11) is 3.43. The van der Waals surface area contributed by atoms with E-state index in [1.54, 1.807) is 38.5 Å². The summed E-state index contributed by atoms with van der Waals surface area (Å²) in [6.07, 6.45) is 1.59. The predicted molar refractivity (Wildman–Crippen MR) is 139 cm³/mol. The van der Waals surface area contributed by atoms with Crippen molar-refractivity contribution in [2.45, 2.75) is 13.5 Å². The van der Waals surface area contributed by atoms with Gasteiger partial charge in [0.1, 0.15) is 17.3 Å². The summed E-state index contributed by atoms with van der Waals surface area (Å²) in [6.45, 7) is 2.23. The van der Waals surface area contributed by atoms with E-state index in [4.69, 9.17) is 4.98 Å². The molecule has 2 N–H and O–H groups in total. The first kappa shape index (κ1) is 23.2. The number of carbonyl (C=O) groups excluding carboxylic acids is 1. The van der Waals surface area contributed by atoms with Crippen LogP contribution in [-0.4, -0.2) is 44.8 Å². The highest BCUT2D eigenvalue weighted by atomic mass is 19.1. The van der Waals surface area contributed by atoms with Crippen molar-refractivity contribution in [3.63, 3.8) is 0 Å². The number of anilines is 1. The molecule has 1 amide bonds. The number of para-hydroxylation sites is 1. The monoisotopic (exact) mass is 480 g/mol. The first-order chi connectivity index (χ1) is 17.4. The maximum atomic E-state index is 14.1. The van der Waals surface area contributed by atoms with Gasteiger partial charge in [0.15, 0.2) is 0 Å². The number of fused-ring (bicyclic) bond motifs is 1. The number of rotatable bonds is 6. The third-order valence-corrected chi connectivity index (χ3v) is 5.83. The maximum absolute atomic E-state index is 14.1. The number of amides is 1. The van der Waals surface area contributed by atoms with E-state index in [1.807, 2.05) is 49.4 Å². The number of H-pyrrole nitrogens is 1. The summed E-state index contributed by atoms with van der Waals surface area (Å²) in [6, 6.07) is 20.0. The van der Waals surface area contributed by atoms with Crippen LogP contribution < -0.4 is 5.32 Å². The summed E-state index contributed by atoms with van der Waals surface area (Å²) in [5.41, 5.74) is 5.66. The second-order valence-corrected chi connectivity index (χ2v) is 8.74. The molecule has 0 saturated heterocycles. The predicted octanol–water partition coefficient (Wildman–Crippen LogP) is 5.45. The molecule has 2 aromatic carbocycles. The standard InChI is InChI=1S/C28H25FN6O/c1-17-7-6-10-24(32-17)27-26(33-25(34-27)16-31-23-9-5-4-8-21(23)29)18-11-12-22-19(13-18)14-20(15-30-22)28(36)35(2)3/h4-15,31H,16H2,1-3H3,(H,33,34). The number of nitrogens with one attached hydrogen (secondary N) is 2. The Morgan fingerprint density at radius 1 is 1.03 bits per heavy atom. The van der Waals surface area contributed by atoms with E-state index in [0.717, 1.165) is 33.5 Å². The van der Waals surface area contributed by atoms with Crippen molar-refractivity contribution in [3.05, 3.63) is 95.8 Å². The number of nitrogens with zero attached hydrogens (tertiary/aromatic N) is 4. The van der Waals surface area contributed by atoms with E-state index in [9.17, 15) is 9.18 Å². The molecule has 0 spiro atoms. The Balaban J connectivity index is 1.57. The minimum Gasteiger partial charge on any atom is -0.375 e. The number of hydrogen-bond acceptors (Lipinski definition) is 5. The molecule has 0 saturated carbocycles. The van der Waals surface area contributed by atoms with Crippen molar-refractivity contribution in [1.29, 1.82) is 0 Å². The Morgan fingerprint density at radius 2 is 1.86 bits per heavy atom. The van der Waals surface area contributed by atoms with Crippen LogP contribution in [0.5, 0.6) is 0 Å². The number of benzene rings is 2. The lowest BCUT2D eigenvalue weighted by molar-refractivity contribution is 0.0827. The average Bonchev–Trinajstić information content (AvgIpc) is 3.31. The van der Waals surface area contributed by atoms with E-state index in [-0.39, 0.29) is 11.7 Å². The lowest BCUT2D eigenvalue weighted by Gasteiger charge is -2.11. The zero-order chi connectivity index (χ0) is 25.2. The van der Waals surface area contributed by atoms with Crippen LogP contribution >= 0.6 is 0 Å². The van der Waals surface area contributed by atoms with Gasteiger partial charge in [-0.05, 0) is 49.4 Å². The molecule has 0 fully saturated rings. The highest BCUT2D eigenvalue weighted by Gasteiger charge is 2.17. The fourth-order valence-electron chi connectivity index (χ4n) is 4.02. The van der Waals surface area contributed by atoms with Crippen molar-refractivity contribution in [1.82, 2.24) is 24.8 Å². The molecule has 5 rings (SSSR count). The number of carbonyl (C=O) groups is 1. The van der Waals surface area contributed by atoms with Gasteiger partial charge in [0.25, 0.3) is 5.91 Å². The molecule has 0 aliphatic rings. The van der Waals surface area contributed by atoms with Crippen LogP contribution in [0.15, 0.2) is 72.9 Å². The van der Waals surface area contributed by atoms with Crippen molar-refractivity contribution < 1.29 is 9.18 Å². The van der Waals surface area contributed by atoms with Gasteiger partial charge < -0.3 is 15.2 Å². The fourth-order valence-corrected chi connectivity index (χ4v) is 4.02. The van der Waals surface area contributed by atoms with E-state index < -0.39 is 0 Å². The van der Waals surface area contributed by atoms with E-state index >= 15 is 0 Å². The molecule has 0 aliphatic carbocycles. The Hall–Kier alpha value is -4.59. The first-order valence-corrected chi connectivity index (χ1v) is 11.5. The zero-order valence-electron chi connectivity index (χ0n) is 20.2. The Labute approximate surface area is 208 Å². The molecular weight excluding hydrogens is 455 g/mol. The minimum absolute atomic E-state index is 0.109. The molecule has 0 radical (unpaired) electrons. The Bertz CT molecular complexity index is 1580. The fraction of sp³-hybridized carbons (Fsp3) is 0.143. The van der Waals surface area contributed by atoms with E-state index in [2.05, 4.69) is 20.3 Å². The Morgan fingerprint density at radius 3 is 2.64 bits per heavy atom. The highest BCUT2D eigenvalue weighted by molar-refractivity contribution is 5.98. The largest absolute Gasteiger partial charge is 0.375 e. The second-order valence-electron chi connectivity index (χ2n) is 8.74. The van der Waals surface area contributed by atoms with Crippen LogP contribution in [0.1, 0.15) is 21.9 Å². The summed E-state index contributed by atoms with van der Waals surface area (Å²) < 4.78 is 14.1. The SMILES string of the molecule is Cc1cccc(-c2nc(CNc3ccccc3F)[nH]c2-c2ccc3ncc(C(=O)N(C)C)cc3c2)n1. The van der Waals surface area contributed by atoms with Crippen LogP contribution in [0.3, 0.4) is 0 Å². The Kier molecular flexibility index (Phi) is 6.16. The molecule has 5 aromatic rings. The summed E-state index contributed by atoms with van der Waals surface area (Å²) >= 11 is 0. The van der Waals surface area contributed by atoms with Gasteiger partial charge in [-0.2, -0.15) is 0 Å². The topological polar surface area (TPSA) is 86.8 Å². The summed E-state index contributed by atoms with van der Waals surface area (Å²) in [5.74, 6) is 0.207. The molecule has 36 heavy (non-hydrogen) atoms. The number of hydrogen-bond donors (Lipinski definition) is 2. The van der Waals surface area contributed by atoms with Crippen molar-refractivity contribution in [2.75, 3.05) is 19.4 Å². The first-order valence-electron chi connectivity index (χ1n) is 11.5. The van der Waals surface area contributed by atoms with Gasteiger partial charge in [-0.25, -0.2) is 9.37 Å². The number of pyridine rings is 2. The maximum Gasteiger partial charge on any atom is 0.254 e. The van der Waals surface area contributed by atoms with E-state index in [1.165, 1.54) is 11.0 Å². The third-order valence-electron chi connectivity index (χ3n) is 5.83. The van der Waals surface area contributed by atoms with Crippen molar-refractivity contribution in [3.8, 4) is 22.6 Å². The molecule has 0 aliphatic heterocycles. The number of aromatic amines is 1. The van der Waals surface area contributed by atoms with Crippen LogP contribution in [0, 0.1) is 12.7 Å². The van der Waals surface area contributed by atoms with Gasteiger partial charge in [-0.3, -0.25) is 14.8 Å². The molecule has 7 nitrogen and oxygen atoms in total. The number of aryl methyl sites for hydroxylation is 1.